The van der Waals surface area contributed by atoms with Gasteiger partial charge in [-0.15, -0.1) is 0 Å². The fraction of sp³-hybridized carbons (Fsp3) is 0.765. The van der Waals surface area contributed by atoms with Crippen LogP contribution in [0.2, 0.25) is 0 Å². The lowest BCUT2D eigenvalue weighted by Gasteiger charge is -2.41. The quantitative estimate of drug-likeness (QED) is 0.0149. The van der Waals surface area contributed by atoms with E-state index in [1.165, 1.54) is 167 Å². The molecule has 8 unspecified atom stereocenters. The maximum absolute atomic E-state index is 13.4. The summed E-state index contributed by atoms with van der Waals surface area (Å²) in [7, 11) is 0. The summed E-state index contributed by atoms with van der Waals surface area (Å²) in [6.45, 7) is 5.60. The molecule has 0 saturated carbocycles. The SMILES string of the molecule is CC/C=C/C=C/C=C\C=C/C=C/CCCC(=O)OC1C(OCC(NC(=O)C(O)CCCCCCCCCCCCCCCCCC/C=C/CCCCCCCC)C(O)/C=C/CCCCCCCCCCC)OC(CO)C(O)C1O. The van der Waals surface area contributed by atoms with Crippen LogP contribution in [0.25, 0.3) is 0 Å². The largest absolute Gasteiger partial charge is 0.454 e. The third kappa shape index (κ3) is 43.2. The molecule has 0 aromatic carbocycles. The van der Waals surface area contributed by atoms with Crippen LogP contribution in [-0.4, -0.2) is 99.6 Å². The molecule has 0 radical (unpaired) electrons. The van der Waals surface area contributed by atoms with E-state index >= 15 is 0 Å². The first-order valence-corrected chi connectivity index (χ1v) is 32.4. The number of rotatable bonds is 54. The lowest BCUT2D eigenvalue weighted by Crippen LogP contribution is -2.61. The van der Waals surface area contributed by atoms with Crippen molar-refractivity contribution < 1.29 is 49.3 Å². The van der Waals surface area contributed by atoms with E-state index in [9.17, 15) is 35.1 Å². The lowest BCUT2D eigenvalue weighted by molar-refractivity contribution is -0.305. The number of ether oxygens (including phenoxy) is 3. The molecule has 1 saturated heterocycles. The van der Waals surface area contributed by atoms with Gasteiger partial charge in [0, 0.05) is 6.42 Å². The average molecular weight is 1110 g/mol. The number of esters is 1. The van der Waals surface area contributed by atoms with Gasteiger partial charge in [0.2, 0.25) is 5.91 Å². The monoisotopic (exact) mass is 1110 g/mol. The molecule has 0 bridgehead atoms. The number of hydrogen-bond acceptors (Lipinski definition) is 10. The minimum absolute atomic E-state index is 0.0249. The van der Waals surface area contributed by atoms with Gasteiger partial charge >= 0.3 is 5.97 Å². The van der Waals surface area contributed by atoms with Crippen molar-refractivity contribution >= 4 is 11.9 Å². The normalized spacial score (nSPS) is 19.4. The van der Waals surface area contributed by atoms with Gasteiger partial charge in [-0.25, -0.2) is 0 Å². The Balaban J connectivity index is 2.58. The minimum Gasteiger partial charge on any atom is -0.454 e. The topological polar surface area (TPSA) is 175 Å². The first kappa shape index (κ1) is 73.9. The molecule has 0 aliphatic carbocycles. The number of carbonyl (C=O) groups is 2. The van der Waals surface area contributed by atoms with Crippen molar-refractivity contribution in [2.24, 2.45) is 0 Å². The standard InChI is InChI=1S/C68H119NO10/c1-4-7-10-13-16-19-22-24-25-26-27-28-29-30-31-32-33-34-35-36-38-40-43-46-49-52-55-61(72)67(76)69-59(60(71)54-51-48-45-42-39-21-18-15-12-9-6-3)58-77-68-66(65(75)64(74)62(57-70)78-68)79-63(73)56-53-50-47-44-41-37-23-20-17-14-11-8-5-2/h8,11,14,17,20,23-25,37,41,44,47,51,54,59-62,64-66,68,70-72,74-75H,4-7,9-10,12-13,15-16,18-19,21-22,26-36,38-40,42-43,45-46,48-50,52-53,55-58H2,1-3H3,(H,69,76)/b11-8+,17-14+,23-20-,25-24+,41-37-,47-44+,54-51+. The zero-order valence-corrected chi connectivity index (χ0v) is 50.5. The molecular weight excluding hydrogens is 991 g/mol. The molecule has 456 valence electrons. The summed E-state index contributed by atoms with van der Waals surface area (Å²) in [5.74, 6) is -1.27. The van der Waals surface area contributed by atoms with Crippen molar-refractivity contribution in [3.05, 3.63) is 85.1 Å². The summed E-state index contributed by atoms with van der Waals surface area (Å²) < 4.78 is 17.5. The smallest absolute Gasteiger partial charge is 0.306 e. The van der Waals surface area contributed by atoms with E-state index in [2.05, 4.69) is 44.3 Å². The highest BCUT2D eigenvalue weighted by Crippen LogP contribution is 2.26. The fourth-order valence-electron chi connectivity index (χ4n) is 9.79. The summed E-state index contributed by atoms with van der Waals surface area (Å²) in [6, 6.07) is -1.04. The van der Waals surface area contributed by atoms with Gasteiger partial charge in [0.05, 0.1) is 25.4 Å². The highest BCUT2D eigenvalue weighted by molar-refractivity contribution is 5.80. The van der Waals surface area contributed by atoms with Crippen molar-refractivity contribution in [1.29, 1.82) is 0 Å². The highest BCUT2D eigenvalue weighted by Gasteiger charge is 2.47. The molecule has 1 aliphatic rings. The Bertz CT molecular complexity index is 1610. The van der Waals surface area contributed by atoms with Gasteiger partial charge in [0.15, 0.2) is 12.4 Å². The Hall–Kier alpha value is -3.16. The van der Waals surface area contributed by atoms with E-state index < -0.39 is 67.4 Å². The van der Waals surface area contributed by atoms with Crippen LogP contribution < -0.4 is 5.32 Å². The number of aliphatic hydroxyl groups excluding tert-OH is 5. The lowest BCUT2D eigenvalue weighted by atomic mass is 9.99. The number of aliphatic hydroxyl groups is 5. The van der Waals surface area contributed by atoms with Crippen LogP contribution in [0, 0.1) is 0 Å². The Kier molecular flexibility index (Phi) is 51.8. The molecule has 79 heavy (non-hydrogen) atoms. The number of unbranched alkanes of at least 4 members (excludes halogenated alkanes) is 32. The van der Waals surface area contributed by atoms with Crippen LogP contribution in [0.15, 0.2) is 85.1 Å². The second kappa shape index (κ2) is 55.4. The Morgan fingerprint density at radius 3 is 1.39 bits per heavy atom. The molecule has 1 fully saturated rings. The molecule has 0 aromatic heterocycles. The van der Waals surface area contributed by atoms with Gasteiger partial charge in [-0.3, -0.25) is 9.59 Å². The maximum atomic E-state index is 13.4. The molecule has 1 aliphatic heterocycles. The summed E-state index contributed by atoms with van der Waals surface area (Å²) >= 11 is 0. The summed E-state index contributed by atoms with van der Waals surface area (Å²) in [6.07, 6.45) is 62.3. The number of allylic oxidation sites excluding steroid dienone is 13. The molecule has 0 aromatic rings. The molecule has 0 spiro atoms. The van der Waals surface area contributed by atoms with Gasteiger partial charge in [-0.1, -0.05) is 286 Å². The predicted molar refractivity (Wildman–Crippen MR) is 329 cm³/mol. The molecule has 11 nitrogen and oxygen atoms in total. The number of nitrogens with one attached hydrogen (secondary N) is 1. The van der Waals surface area contributed by atoms with E-state index in [0.29, 0.717) is 19.3 Å². The predicted octanol–water partition coefficient (Wildman–Crippen LogP) is 15.7. The summed E-state index contributed by atoms with van der Waals surface area (Å²) in [5.41, 5.74) is 0. The molecule has 1 heterocycles. The van der Waals surface area contributed by atoms with Crippen LogP contribution in [-0.2, 0) is 23.8 Å². The van der Waals surface area contributed by atoms with Crippen molar-refractivity contribution in [1.82, 2.24) is 5.32 Å². The van der Waals surface area contributed by atoms with Gasteiger partial charge in [-0.2, -0.15) is 0 Å². The highest BCUT2D eigenvalue weighted by atomic mass is 16.7. The second-order valence-corrected chi connectivity index (χ2v) is 22.2. The Morgan fingerprint density at radius 1 is 0.506 bits per heavy atom. The molecule has 6 N–H and O–H groups in total. The van der Waals surface area contributed by atoms with E-state index in [-0.39, 0.29) is 19.4 Å². The van der Waals surface area contributed by atoms with Crippen molar-refractivity contribution in [3.8, 4) is 0 Å². The molecule has 1 amide bonds. The number of carbonyl (C=O) groups excluding carboxylic acids is 2. The zero-order chi connectivity index (χ0) is 57.5. The maximum Gasteiger partial charge on any atom is 0.306 e. The molecule has 8 atom stereocenters. The Morgan fingerprint density at radius 2 is 0.924 bits per heavy atom. The van der Waals surface area contributed by atoms with E-state index in [1.54, 1.807) is 6.08 Å². The van der Waals surface area contributed by atoms with Crippen molar-refractivity contribution in [2.75, 3.05) is 13.2 Å². The van der Waals surface area contributed by atoms with Crippen LogP contribution in [0.1, 0.15) is 271 Å². The molecule has 1 rings (SSSR count). The second-order valence-electron chi connectivity index (χ2n) is 22.2. The van der Waals surface area contributed by atoms with Crippen LogP contribution in [0.3, 0.4) is 0 Å². The van der Waals surface area contributed by atoms with Gasteiger partial charge in [0.1, 0.15) is 24.4 Å². The Labute approximate surface area is 483 Å². The first-order valence-electron chi connectivity index (χ1n) is 32.4. The number of hydrogen-bond donors (Lipinski definition) is 6. The molecular formula is C68H119NO10. The fourth-order valence-corrected chi connectivity index (χ4v) is 9.79. The van der Waals surface area contributed by atoms with E-state index in [0.717, 1.165) is 51.4 Å². The third-order valence-corrected chi connectivity index (χ3v) is 14.9. The minimum atomic E-state index is -1.64. The number of amides is 1. The van der Waals surface area contributed by atoms with Crippen LogP contribution in [0.4, 0.5) is 0 Å². The summed E-state index contributed by atoms with van der Waals surface area (Å²) in [4.78, 5) is 26.5. The van der Waals surface area contributed by atoms with Gasteiger partial charge in [0.25, 0.3) is 0 Å². The van der Waals surface area contributed by atoms with E-state index in [1.807, 2.05) is 60.8 Å². The third-order valence-electron chi connectivity index (χ3n) is 14.9. The van der Waals surface area contributed by atoms with Crippen LogP contribution in [0.5, 0.6) is 0 Å². The first-order chi connectivity index (χ1) is 38.7. The zero-order valence-electron chi connectivity index (χ0n) is 50.5. The summed E-state index contributed by atoms with van der Waals surface area (Å²) in [5, 5.41) is 56.9. The van der Waals surface area contributed by atoms with Gasteiger partial charge < -0.3 is 45.1 Å². The van der Waals surface area contributed by atoms with Gasteiger partial charge in [-0.05, 0) is 64.2 Å². The molecule has 11 heteroatoms. The van der Waals surface area contributed by atoms with Crippen molar-refractivity contribution in [3.63, 3.8) is 0 Å². The average Bonchev–Trinajstić information content (AvgIpc) is 3.47. The van der Waals surface area contributed by atoms with E-state index in [4.69, 9.17) is 14.2 Å². The van der Waals surface area contributed by atoms with Crippen molar-refractivity contribution in [2.45, 2.75) is 320 Å². The van der Waals surface area contributed by atoms with Crippen LogP contribution >= 0.6 is 0 Å².